The molecular formula is C13H14F3N3. The molecule has 102 valence electrons. The predicted octanol–water partition coefficient (Wildman–Crippen LogP) is 3.15. The Kier molecular flexibility index (Phi) is 3.26. The van der Waals surface area contributed by atoms with E-state index in [1.807, 2.05) is 6.92 Å². The number of nitrogen functional groups attached to an aromatic ring is 1. The molecule has 3 nitrogen and oxygen atoms in total. The topological polar surface area (TPSA) is 43.8 Å². The second-order valence-electron chi connectivity index (χ2n) is 4.44. The molecule has 0 bridgehead atoms. The Hall–Kier alpha value is -1.98. The Morgan fingerprint density at radius 1 is 1.16 bits per heavy atom. The Balaban J connectivity index is 2.22. The van der Waals surface area contributed by atoms with Gasteiger partial charge >= 0.3 is 6.18 Å². The van der Waals surface area contributed by atoms with Crippen LogP contribution < -0.4 is 5.73 Å². The quantitative estimate of drug-likeness (QED) is 0.910. The number of aryl methyl sites for hydroxylation is 1. The number of benzene rings is 1. The van der Waals surface area contributed by atoms with Crippen LogP contribution >= 0.6 is 0 Å². The second kappa shape index (κ2) is 4.60. The van der Waals surface area contributed by atoms with Crippen LogP contribution in [0.2, 0.25) is 0 Å². The molecule has 2 rings (SSSR count). The Morgan fingerprint density at radius 3 is 2.16 bits per heavy atom. The third-order valence-electron chi connectivity index (χ3n) is 3.05. The van der Waals surface area contributed by atoms with E-state index in [1.54, 1.807) is 11.6 Å². The standard InChI is InChI=1S/C13H14F3N3/c1-8-12(17)9(2)19(18-8)7-10-3-5-11(6-4-10)13(14,15)16/h3-6H,7,17H2,1-2H3. The Bertz CT molecular complexity index is 582. The summed E-state index contributed by atoms with van der Waals surface area (Å²) in [6, 6.07) is 5.06. The van der Waals surface area contributed by atoms with Crippen molar-refractivity contribution in [2.45, 2.75) is 26.6 Å². The number of hydrogen-bond acceptors (Lipinski definition) is 2. The van der Waals surface area contributed by atoms with Gasteiger partial charge in [-0.3, -0.25) is 4.68 Å². The summed E-state index contributed by atoms with van der Waals surface area (Å²) < 4.78 is 39.0. The average molecular weight is 269 g/mol. The van der Waals surface area contributed by atoms with E-state index < -0.39 is 11.7 Å². The summed E-state index contributed by atoms with van der Waals surface area (Å²) in [6.07, 6.45) is -4.30. The molecule has 19 heavy (non-hydrogen) atoms. The van der Waals surface area contributed by atoms with Gasteiger partial charge in [0.2, 0.25) is 0 Å². The van der Waals surface area contributed by atoms with Crippen molar-refractivity contribution < 1.29 is 13.2 Å². The monoisotopic (exact) mass is 269 g/mol. The predicted molar refractivity (Wildman–Crippen MR) is 66.7 cm³/mol. The number of nitrogens with two attached hydrogens (primary N) is 1. The molecule has 0 radical (unpaired) electrons. The van der Waals surface area contributed by atoms with Crippen molar-refractivity contribution in [2.24, 2.45) is 0 Å². The van der Waals surface area contributed by atoms with Gasteiger partial charge in [-0.15, -0.1) is 0 Å². The van der Waals surface area contributed by atoms with Crippen molar-refractivity contribution >= 4 is 5.69 Å². The lowest BCUT2D eigenvalue weighted by atomic mass is 10.1. The minimum atomic E-state index is -4.30. The van der Waals surface area contributed by atoms with Crippen LogP contribution in [-0.4, -0.2) is 9.78 Å². The smallest absolute Gasteiger partial charge is 0.396 e. The highest BCUT2D eigenvalue weighted by atomic mass is 19.4. The molecule has 0 unspecified atom stereocenters. The largest absolute Gasteiger partial charge is 0.416 e. The molecule has 1 heterocycles. The van der Waals surface area contributed by atoms with Gasteiger partial charge in [0.25, 0.3) is 0 Å². The molecule has 0 saturated carbocycles. The molecule has 0 saturated heterocycles. The lowest BCUT2D eigenvalue weighted by Gasteiger charge is -2.08. The number of rotatable bonds is 2. The van der Waals surface area contributed by atoms with E-state index in [9.17, 15) is 13.2 Å². The minimum Gasteiger partial charge on any atom is -0.396 e. The van der Waals surface area contributed by atoms with Crippen molar-refractivity contribution in [2.75, 3.05) is 5.73 Å². The van der Waals surface area contributed by atoms with Gasteiger partial charge in [0.1, 0.15) is 0 Å². The first kappa shape index (κ1) is 13.5. The third-order valence-corrected chi connectivity index (χ3v) is 3.05. The number of hydrogen-bond donors (Lipinski definition) is 1. The van der Waals surface area contributed by atoms with Crippen LogP contribution in [0.15, 0.2) is 24.3 Å². The van der Waals surface area contributed by atoms with Crippen molar-refractivity contribution in [3.05, 3.63) is 46.8 Å². The first-order valence-corrected chi connectivity index (χ1v) is 5.74. The summed E-state index contributed by atoms with van der Waals surface area (Å²) in [5.74, 6) is 0. The van der Waals surface area contributed by atoms with Crippen LogP contribution in [0.3, 0.4) is 0 Å². The normalized spacial score (nSPS) is 11.8. The van der Waals surface area contributed by atoms with Gasteiger partial charge in [-0.05, 0) is 31.5 Å². The van der Waals surface area contributed by atoms with Gasteiger partial charge in [-0.1, -0.05) is 12.1 Å². The highest BCUT2D eigenvalue weighted by molar-refractivity contribution is 5.47. The molecule has 6 heteroatoms. The maximum absolute atomic E-state index is 12.4. The molecule has 0 amide bonds. The fourth-order valence-electron chi connectivity index (χ4n) is 1.84. The Morgan fingerprint density at radius 2 is 1.74 bits per heavy atom. The molecule has 2 aromatic rings. The van der Waals surface area contributed by atoms with E-state index in [1.165, 1.54) is 12.1 Å². The van der Waals surface area contributed by atoms with E-state index in [2.05, 4.69) is 5.10 Å². The first-order chi connectivity index (χ1) is 8.79. The molecule has 0 spiro atoms. The number of alkyl halides is 3. The molecule has 0 fully saturated rings. The summed E-state index contributed by atoms with van der Waals surface area (Å²) in [5.41, 5.74) is 8.07. The van der Waals surface area contributed by atoms with Crippen LogP contribution in [0.4, 0.5) is 18.9 Å². The van der Waals surface area contributed by atoms with E-state index >= 15 is 0 Å². The number of halogens is 3. The van der Waals surface area contributed by atoms with Gasteiger partial charge < -0.3 is 5.73 Å². The third kappa shape index (κ3) is 2.72. The van der Waals surface area contributed by atoms with Crippen LogP contribution in [-0.2, 0) is 12.7 Å². The molecule has 2 N–H and O–H groups in total. The lowest BCUT2D eigenvalue weighted by Crippen LogP contribution is -2.07. The summed E-state index contributed by atoms with van der Waals surface area (Å²) in [4.78, 5) is 0. The van der Waals surface area contributed by atoms with Crippen molar-refractivity contribution in [3.8, 4) is 0 Å². The van der Waals surface area contributed by atoms with Crippen LogP contribution in [0.5, 0.6) is 0 Å². The molecular weight excluding hydrogens is 255 g/mol. The van der Waals surface area contributed by atoms with Crippen molar-refractivity contribution in [1.29, 1.82) is 0 Å². The lowest BCUT2D eigenvalue weighted by molar-refractivity contribution is -0.137. The van der Waals surface area contributed by atoms with Gasteiger partial charge in [-0.2, -0.15) is 18.3 Å². The summed E-state index contributed by atoms with van der Waals surface area (Å²) in [7, 11) is 0. The maximum Gasteiger partial charge on any atom is 0.416 e. The van der Waals surface area contributed by atoms with E-state index in [0.29, 0.717) is 12.2 Å². The zero-order valence-corrected chi connectivity index (χ0v) is 10.6. The number of aromatic nitrogens is 2. The SMILES string of the molecule is Cc1nn(Cc2ccc(C(F)(F)F)cc2)c(C)c1N. The van der Waals surface area contributed by atoms with Gasteiger partial charge in [-0.25, -0.2) is 0 Å². The Labute approximate surface area is 108 Å². The summed E-state index contributed by atoms with van der Waals surface area (Å²) in [6.45, 7) is 4.03. The molecule has 0 aliphatic rings. The first-order valence-electron chi connectivity index (χ1n) is 5.74. The summed E-state index contributed by atoms with van der Waals surface area (Å²) in [5, 5.41) is 4.25. The number of nitrogens with zero attached hydrogens (tertiary/aromatic N) is 2. The molecule has 0 aliphatic heterocycles. The maximum atomic E-state index is 12.4. The van der Waals surface area contributed by atoms with Crippen LogP contribution in [0.25, 0.3) is 0 Å². The van der Waals surface area contributed by atoms with E-state index in [-0.39, 0.29) is 0 Å². The zero-order valence-electron chi connectivity index (χ0n) is 10.6. The summed E-state index contributed by atoms with van der Waals surface area (Å²) >= 11 is 0. The van der Waals surface area contributed by atoms with E-state index in [4.69, 9.17) is 5.73 Å². The van der Waals surface area contributed by atoms with Crippen LogP contribution in [0.1, 0.15) is 22.5 Å². The highest BCUT2D eigenvalue weighted by Crippen LogP contribution is 2.29. The zero-order chi connectivity index (χ0) is 14.2. The van der Waals surface area contributed by atoms with Gasteiger partial charge in [0.05, 0.1) is 29.2 Å². The highest BCUT2D eigenvalue weighted by Gasteiger charge is 2.29. The second-order valence-corrected chi connectivity index (χ2v) is 4.44. The fourth-order valence-corrected chi connectivity index (χ4v) is 1.84. The van der Waals surface area contributed by atoms with Crippen LogP contribution in [0, 0.1) is 13.8 Å². The van der Waals surface area contributed by atoms with E-state index in [0.717, 1.165) is 29.1 Å². The molecule has 1 aromatic carbocycles. The number of anilines is 1. The van der Waals surface area contributed by atoms with Gasteiger partial charge in [0.15, 0.2) is 0 Å². The minimum absolute atomic E-state index is 0.405. The van der Waals surface area contributed by atoms with Crippen molar-refractivity contribution in [3.63, 3.8) is 0 Å². The van der Waals surface area contributed by atoms with Gasteiger partial charge in [0, 0.05) is 0 Å². The molecule has 0 aliphatic carbocycles. The fraction of sp³-hybridized carbons (Fsp3) is 0.308. The average Bonchev–Trinajstić information content (AvgIpc) is 2.57. The molecule has 0 atom stereocenters. The van der Waals surface area contributed by atoms with Crippen molar-refractivity contribution in [1.82, 2.24) is 9.78 Å². The molecule has 1 aromatic heterocycles.